The van der Waals surface area contributed by atoms with E-state index < -0.39 is 5.41 Å². The molecule has 0 radical (unpaired) electrons. The van der Waals surface area contributed by atoms with Crippen LogP contribution < -0.4 is 5.32 Å². The number of hydrogen-bond acceptors (Lipinski definition) is 4. The molecule has 2 saturated heterocycles. The molecular formula is C18H24Cl2N2O3. The third kappa shape index (κ3) is 4.47. The van der Waals surface area contributed by atoms with Crippen LogP contribution in [0.3, 0.4) is 0 Å². The molecule has 2 fully saturated rings. The van der Waals surface area contributed by atoms with E-state index in [-0.39, 0.29) is 5.91 Å². The molecule has 0 saturated carbocycles. The molecule has 25 heavy (non-hydrogen) atoms. The molecule has 0 aromatic heterocycles. The van der Waals surface area contributed by atoms with E-state index in [1.54, 1.807) is 12.1 Å². The lowest BCUT2D eigenvalue weighted by Crippen LogP contribution is -2.50. The van der Waals surface area contributed by atoms with Gasteiger partial charge in [0.25, 0.3) is 0 Å². The molecule has 2 aliphatic rings. The summed E-state index contributed by atoms with van der Waals surface area (Å²) in [5, 5.41) is 4.22. The summed E-state index contributed by atoms with van der Waals surface area (Å²) >= 11 is 12.4. The van der Waals surface area contributed by atoms with E-state index in [1.807, 2.05) is 6.07 Å². The van der Waals surface area contributed by atoms with Crippen molar-refractivity contribution in [3.8, 4) is 0 Å². The van der Waals surface area contributed by atoms with Gasteiger partial charge in [0.1, 0.15) is 0 Å². The van der Waals surface area contributed by atoms with Crippen LogP contribution in [0.2, 0.25) is 10.0 Å². The number of amides is 1. The maximum Gasteiger partial charge on any atom is 0.230 e. The predicted octanol–water partition coefficient (Wildman–Crippen LogP) is 2.49. The summed E-state index contributed by atoms with van der Waals surface area (Å²) in [5.41, 5.74) is 0.191. The fourth-order valence-corrected chi connectivity index (χ4v) is 4.13. The molecular weight excluding hydrogens is 363 g/mol. The Morgan fingerprint density at radius 1 is 1.12 bits per heavy atom. The standard InChI is InChI=1S/C18H24Cl2N2O3/c19-14-1-2-15(16(20)13-14)18(3-9-24-10-4-18)17(23)21-5-6-22-7-11-25-12-8-22/h1-2,13H,3-12H2,(H,21,23). The number of rotatable bonds is 5. The minimum Gasteiger partial charge on any atom is -0.381 e. The molecule has 1 aromatic carbocycles. The van der Waals surface area contributed by atoms with Gasteiger partial charge in [0.05, 0.1) is 18.6 Å². The lowest BCUT2D eigenvalue weighted by Gasteiger charge is -2.37. The van der Waals surface area contributed by atoms with Gasteiger partial charge in [-0.05, 0) is 30.5 Å². The third-order valence-electron chi connectivity index (χ3n) is 5.04. The van der Waals surface area contributed by atoms with Crippen LogP contribution in [-0.2, 0) is 19.7 Å². The van der Waals surface area contributed by atoms with Crippen molar-refractivity contribution < 1.29 is 14.3 Å². The highest BCUT2D eigenvalue weighted by Crippen LogP contribution is 2.39. The van der Waals surface area contributed by atoms with Crippen molar-refractivity contribution in [2.75, 3.05) is 52.6 Å². The van der Waals surface area contributed by atoms with Crippen molar-refractivity contribution in [2.24, 2.45) is 0 Å². The zero-order valence-electron chi connectivity index (χ0n) is 14.2. The Morgan fingerprint density at radius 3 is 2.48 bits per heavy atom. The number of carbonyl (C=O) groups excluding carboxylic acids is 1. The van der Waals surface area contributed by atoms with Gasteiger partial charge in [-0.25, -0.2) is 0 Å². The van der Waals surface area contributed by atoms with Gasteiger partial charge in [-0.15, -0.1) is 0 Å². The number of morpholine rings is 1. The highest BCUT2D eigenvalue weighted by molar-refractivity contribution is 6.35. The molecule has 2 aliphatic heterocycles. The molecule has 0 unspecified atom stereocenters. The van der Waals surface area contributed by atoms with Crippen LogP contribution in [0.5, 0.6) is 0 Å². The first-order valence-electron chi connectivity index (χ1n) is 8.73. The first kappa shape index (κ1) is 18.9. The van der Waals surface area contributed by atoms with Crippen LogP contribution in [0, 0.1) is 0 Å². The van der Waals surface area contributed by atoms with Crippen LogP contribution in [0.15, 0.2) is 18.2 Å². The summed E-state index contributed by atoms with van der Waals surface area (Å²) in [6, 6.07) is 5.37. The fraction of sp³-hybridized carbons (Fsp3) is 0.611. The van der Waals surface area contributed by atoms with Gasteiger partial charge in [-0.1, -0.05) is 29.3 Å². The number of halogens is 2. The Labute approximate surface area is 158 Å². The maximum absolute atomic E-state index is 13.1. The second-order valence-corrected chi connectivity index (χ2v) is 7.37. The van der Waals surface area contributed by atoms with E-state index in [4.69, 9.17) is 32.7 Å². The van der Waals surface area contributed by atoms with Crippen LogP contribution in [-0.4, -0.2) is 63.4 Å². The Bertz CT molecular complexity index is 600. The number of carbonyl (C=O) groups is 1. The molecule has 1 N–H and O–H groups in total. The van der Waals surface area contributed by atoms with Gasteiger partial charge < -0.3 is 14.8 Å². The summed E-state index contributed by atoms with van der Waals surface area (Å²) in [6.45, 7) is 5.90. The van der Waals surface area contributed by atoms with Crippen molar-refractivity contribution in [1.29, 1.82) is 0 Å². The first-order chi connectivity index (χ1) is 12.1. The summed E-state index contributed by atoms with van der Waals surface area (Å²) in [6.07, 6.45) is 1.25. The molecule has 3 rings (SSSR count). The van der Waals surface area contributed by atoms with E-state index in [0.717, 1.165) is 38.4 Å². The summed E-state index contributed by atoms with van der Waals surface area (Å²) in [7, 11) is 0. The number of nitrogens with zero attached hydrogens (tertiary/aromatic N) is 1. The van der Waals surface area contributed by atoms with E-state index in [2.05, 4.69) is 10.2 Å². The molecule has 7 heteroatoms. The number of hydrogen-bond donors (Lipinski definition) is 1. The topological polar surface area (TPSA) is 50.8 Å². The Balaban J connectivity index is 1.69. The largest absolute Gasteiger partial charge is 0.381 e. The molecule has 1 amide bonds. The third-order valence-corrected chi connectivity index (χ3v) is 5.59. The molecule has 0 bridgehead atoms. The van der Waals surface area contributed by atoms with Crippen molar-refractivity contribution >= 4 is 29.1 Å². The fourth-order valence-electron chi connectivity index (χ4n) is 3.54. The summed E-state index contributed by atoms with van der Waals surface area (Å²) in [4.78, 5) is 15.4. The van der Waals surface area contributed by atoms with E-state index in [1.165, 1.54) is 0 Å². The van der Waals surface area contributed by atoms with Gasteiger partial charge in [0, 0.05) is 49.4 Å². The lowest BCUT2D eigenvalue weighted by molar-refractivity contribution is -0.130. The predicted molar refractivity (Wildman–Crippen MR) is 98.5 cm³/mol. The summed E-state index contributed by atoms with van der Waals surface area (Å²) < 4.78 is 10.8. The lowest BCUT2D eigenvalue weighted by atomic mass is 9.73. The molecule has 0 aliphatic carbocycles. The zero-order valence-corrected chi connectivity index (χ0v) is 15.7. The molecule has 0 spiro atoms. The Morgan fingerprint density at radius 2 is 1.80 bits per heavy atom. The maximum atomic E-state index is 13.1. The molecule has 0 atom stereocenters. The van der Waals surface area contributed by atoms with Crippen molar-refractivity contribution in [3.63, 3.8) is 0 Å². The Kier molecular flexibility index (Phi) is 6.58. The van der Waals surface area contributed by atoms with Gasteiger partial charge in [0.15, 0.2) is 0 Å². The zero-order chi connectivity index (χ0) is 17.7. The molecule has 1 aromatic rings. The van der Waals surface area contributed by atoms with Gasteiger partial charge in [-0.2, -0.15) is 0 Å². The average Bonchev–Trinajstić information content (AvgIpc) is 2.63. The minimum absolute atomic E-state index is 0.0216. The quantitative estimate of drug-likeness (QED) is 0.844. The normalized spacial score (nSPS) is 21.0. The van der Waals surface area contributed by atoms with Crippen LogP contribution in [0.4, 0.5) is 0 Å². The average molecular weight is 387 g/mol. The molecule has 2 heterocycles. The van der Waals surface area contributed by atoms with Crippen molar-refractivity contribution in [2.45, 2.75) is 18.3 Å². The Hall–Kier alpha value is -0.850. The van der Waals surface area contributed by atoms with Gasteiger partial charge >= 0.3 is 0 Å². The smallest absolute Gasteiger partial charge is 0.230 e. The number of nitrogens with one attached hydrogen (secondary N) is 1. The van der Waals surface area contributed by atoms with E-state index in [0.29, 0.717) is 42.6 Å². The SMILES string of the molecule is O=C(NCCN1CCOCC1)C1(c2ccc(Cl)cc2Cl)CCOCC1. The highest BCUT2D eigenvalue weighted by Gasteiger charge is 2.42. The second kappa shape index (κ2) is 8.69. The van der Waals surface area contributed by atoms with Gasteiger partial charge in [-0.3, -0.25) is 9.69 Å². The number of benzene rings is 1. The van der Waals surface area contributed by atoms with Crippen LogP contribution in [0.1, 0.15) is 18.4 Å². The van der Waals surface area contributed by atoms with Gasteiger partial charge in [0.2, 0.25) is 5.91 Å². The van der Waals surface area contributed by atoms with Crippen LogP contribution >= 0.6 is 23.2 Å². The molecule has 5 nitrogen and oxygen atoms in total. The molecule has 138 valence electrons. The number of ether oxygens (including phenoxy) is 2. The van der Waals surface area contributed by atoms with E-state index >= 15 is 0 Å². The first-order valence-corrected chi connectivity index (χ1v) is 9.49. The summed E-state index contributed by atoms with van der Waals surface area (Å²) in [5.74, 6) is 0.0216. The van der Waals surface area contributed by atoms with Crippen LogP contribution in [0.25, 0.3) is 0 Å². The monoisotopic (exact) mass is 386 g/mol. The highest BCUT2D eigenvalue weighted by atomic mass is 35.5. The van der Waals surface area contributed by atoms with E-state index in [9.17, 15) is 4.79 Å². The second-order valence-electron chi connectivity index (χ2n) is 6.53. The van der Waals surface area contributed by atoms with Crippen molar-refractivity contribution in [3.05, 3.63) is 33.8 Å². The minimum atomic E-state index is -0.648. The van der Waals surface area contributed by atoms with Crippen molar-refractivity contribution in [1.82, 2.24) is 10.2 Å².